The van der Waals surface area contributed by atoms with Crippen molar-refractivity contribution in [3.8, 4) is 0 Å². The van der Waals surface area contributed by atoms with Crippen LogP contribution in [0.1, 0.15) is 93.4 Å². The van der Waals surface area contributed by atoms with Crippen LogP contribution in [-0.2, 0) is 14.3 Å². The van der Waals surface area contributed by atoms with Crippen LogP contribution in [0.25, 0.3) is 0 Å². The first kappa shape index (κ1) is 23.6. The van der Waals surface area contributed by atoms with Crippen LogP contribution in [0.3, 0.4) is 0 Å². The van der Waals surface area contributed by atoms with Gasteiger partial charge in [-0.25, -0.2) is 0 Å². The molecule has 5 rings (SSSR count). The van der Waals surface area contributed by atoms with Gasteiger partial charge in [-0.3, -0.25) is 4.79 Å². The molecule has 0 amide bonds. The summed E-state index contributed by atoms with van der Waals surface area (Å²) in [6, 6.07) is 0. The maximum absolute atomic E-state index is 11.6. The molecule has 4 fully saturated rings. The second kappa shape index (κ2) is 7.97. The summed E-state index contributed by atoms with van der Waals surface area (Å²) in [5.74, 6) is 3.81. The van der Waals surface area contributed by atoms with Gasteiger partial charge in [0.2, 0.25) is 0 Å². The summed E-state index contributed by atoms with van der Waals surface area (Å²) in [6.45, 7) is 16.1. The first-order chi connectivity index (χ1) is 15.5. The second-order valence-corrected chi connectivity index (χ2v) is 13.2. The topological polar surface area (TPSA) is 38.8 Å². The number of hydrogen-bond donors (Lipinski definition) is 0. The summed E-state index contributed by atoms with van der Waals surface area (Å²) >= 11 is 0. The first-order valence-corrected chi connectivity index (χ1v) is 13.8. The molecule has 10 atom stereocenters. The highest BCUT2D eigenvalue weighted by molar-refractivity contribution is 5.66. The standard InChI is InChI=1S/C30H46O3/c1-18(2)19(3)8-9-20(4)24-12-13-25-26-11-10-22-16-23(32-21(5)31)14-15-29(22,7)30(26)27(33-30)17-28(24,25)6/h8-9,11,18-20,22-25,27H,10,12-17H2,1-7H3/b9-8+. The molecule has 3 saturated carbocycles. The zero-order valence-corrected chi connectivity index (χ0v) is 22.0. The molecule has 0 radical (unpaired) electrons. The first-order valence-electron chi connectivity index (χ1n) is 13.8. The van der Waals surface area contributed by atoms with Gasteiger partial charge in [0.15, 0.2) is 0 Å². The molecule has 0 bridgehead atoms. The third kappa shape index (κ3) is 3.42. The van der Waals surface area contributed by atoms with Crippen molar-refractivity contribution in [1.82, 2.24) is 0 Å². The van der Waals surface area contributed by atoms with Gasteiger partial charge in [-0.15, -0.1) is 0 Å². The molecule has 1 aliphatic heterocycles. The maximum atomic E-state index is 11.6. The molecular formula is C30H46O3. The third-order valence-electron chi connectivity index (χ3n) is 11.2. The van der Waals surface area contributed by atoms with Crippen molar-refractivity contribution in [2.24, 2.45) is 46.3 Å². The molecule has 0 aromatic rings. The van der Waals surface area contributed by atoms with E-state index in [1.807, 2.05) is 0 Å². The Morgan fingerprint density at radius 2 is 1.91 bits per heavy atom. The van der Waals surface area contributed by atoms with Crippen molar-refractivity contribution in [2.75, 3.05) is 0 Å². The van der Waals surface area contributed by atoms with Crippen LogP contribution in [0.15, 0.2) is 23.8 Å². The minimum atomic E-state index is -0.134. The molecule has 1 saturated heterocycles. The quantitative estimate of drug-likeness (QED) is 0.252. The zero-order chi connectivity index (χ0) is 23.8. The highest BCUT2D eigenvalue weighted by Gasteiger charge is 2.77. The lowest BCUT2D eigenvalue weighted by Crippen LogP contribution is -2.56. The van der Waals surface area contributed by atoms with Crippen molar-refractivity contribution in [3.05, 3.63) is 23.8 Å². The van der Waals surface area contributed by atoms with E-state index < -0.39 is 0 Å². The number of esters is 1. The Balaban J connectivity index is 1.38. The summed E-state index contributed by atoms with van der Waals surface area (Å²) in [5, 5.41) is 0. The monoisotopic (exact) mass is 454 g/mol. The molecule has 5 aliphatic rings. The fourth-order valence-corrected chi connectivity index (χ4v) is 8.87. The molecule has 33 heavy (non-hydrogen) atoms. The van der Waals surface area contributed by atoms with Gasteiger partial charge < -0.3 is 9.47 Å². The summed E-state index contributed by atoms with van der Waals surface area (Å²) in [7, 11) is 0. The molecule has 4 aliphatic carbocycles. The Labute approximate surface area is 201 Å². The summed E-state index contributed by atoms with van der Waals surface area (Å²) in [6.07, 6.45) is 16.2. The number of epoxide rings is 1. The lowest BCUT2D eigenvalue weighted by molar-refractivity contribution is -0.152. The average Bonchev–Trinajstić information content (AvgIpc) is 3.36. The van der Waals surface area contributed by atoms with Gasteiger partial charge in [-0.05, 0) is 91.4 Å². The summed E-state index contributed by atoms with van der Waals surface area (Å²) in [4.78, 5) is 11.6. The SMILES string of the molecule is CC(=O)OC1CCC2(C)C(CC=C3C4CCC(C(C)/C=C/C(C)C(C)C)C4(C)CC4OC342)C1. The molecule has 184 valence electrons. The Hall–Kier alpha value is -1.09. The molecule has 1 spiro atoms. The number of allylic oxidation sites excluding steroid dienone is 3. The predicted molar refractivity (Wildman–Crippen MR) is 133 cm³/mol. The maximum Gasteiger partial charge on any atom is 0.302 e. The third-order valence-corrected chi connectivity index (χ3v) is 11.2. The van der Waals surface area contributed by atoms with Crippen molar-refractivity contribution in [3.63, 3.8) is 0 Å². The van der Waals surface area contributed by atoms with E-state index in [0.717, 1.165) is 31.6 Å². The van der Waals surface area contributed by atoms with E-state index in [-0.39, 0.29) is 23.1 Å². The predicted octanol–water partition coefficient (Wildman–Crippen LogP) is 7.11. The van der Waals surface area contributed by atoms with Gasteiger partial charge in [0.1, 0.15) is 11.7 Å². The van der Waals surface area contributed by atoms with Crippen molar-refractivity contribution < 1.29 is 14.3 Å². The van der Waals surface area contributed by atoms with E-state index in [4.69, 9.17) is 9.47 Å². The zero-order valence-electron chi connectivity index (χ0n) is 22.0. The van der Waals surface area contributed by atoms with Crippen molar-refractivity contribution >= 4 is 5.97 Å². The highest BCUT2D eigenvalue weighted by atomic mass is 16.6. The van der Waals surface area contributed by atoms with Crippen molar-refractivity contribution in [2.45, 2.75) is 111 Å². The Morgan fingerprint density at radius 1 is 1.15 bits per heavy atom. The van der Waals surface area contributed by atoms with E-state index in [1.54, 1.807) is 12.5 Å². The highest BCUT2D eigenvalue weighted by Crippen LogP contribution is 2.75. The van der Waals surface area contributed by atoms with E-state index in [9.17, 15) is 4.79 Å². The van der Waals surface area contributed by atoms with Gasteiger partial charge in [0, 0.05) is 12.3 Å². The van der Waals surface area contributed by atoms with Gasteiger partial charge in [-0.1, -0.05) is 59.8 Å². The van der Waals surface area contributed by atoms with Crippen LogP contribution < -0.4 is 0 Å². The number of fused-ring (bicyclic) bond motifs is 3. The van der Waals surface area contributed by atoms with Gasteiger partial charge in [-0.2, -0.15) is 0 Å². The average molecular weight is 455 g/mol. The lowest BCUT2D eigenvalue weighted by atomic mass is 9.47. The molecule has 0 aromatic heterocycles. The minimum absolute atomic E-state index is 0.0264. The Bertz CT molecular complexity index is 857. The van der Waals surface area contributed by atoms with Crippen molar-refractivity contribution in [1.29, 1.82) is 0 Å². The fraction of sp³-hybridized carbons (Fsp3) is 0.833. The molecule has 0 N–H and O–H groups in total. The molecule has 1 heterocycles. The number of hydrogen-bond acceptors (Lipinski definition) is 3. The van der Waals surface area contributed by atoms with Gasteiger partial charge >= 0.3 is 5.97 Å². The van der Waals surface area contributed by atoms with E-state index in [0.29, 0.717) is 41.1 Å². The van der Waals surface area contributed by atoms with Crippen LogP contribution in [0.2, 0.25) is 0 Å². The number of carbonyl (C=O) groups is 1. The number of rotatable bonds is 5. The Kier molecular flexibility index (Phi) is 5.71. The lowest BCUT2D eigenvalue weighted by Gasteiger charge is -2.55. The van der Waals surface area contributed by atoms with E-state index in [1.165, 1.54) is 19.3 Å². The smallest absolute Gasteiger partial charge is 0.302 e. The second-order valence-electron chi connectivity index (χ2n) is 13.2. The van der Waals surface area contributed by atoms with Gasteiger partial charge in [0.05, 0.1) is 6.10 Å². The Morgan fingerprint density at radius 3 is 2.61 bits per heavy atom. The molecule has 0 aromatic carbocycles. The number of ether oxygens (including phenoxy) is 2. The molecular weight excluding hydrogens is 408 g/mol. The summed E-state index contributed by atoms with van der Waals surface area (Å²) < 4.78 is 12.5. The van der Waals surface area contributed by atoms with E-state index in [2.05, 4.69) is 59.8 Å². The summed E-state index contributed by atoms with van der Waals surface area (Å²) in [5.41, 5.74) is 2.18. The van der Waals surface area contributed by atoms with Gasteiger partial charge in [0.25, 0.3) is 0 Å². The fourth-order valence-electron chi connectivity index (χ4n) is 8.87. The van der Waals surface area contributed by atoms with Crippen LogP contribution in [0.4, 0.5) is 0 Å². The van der Waals surface area contributed by atoms with Crippen LogP contribution >= 0.6 is 0 Å². The largest absolute Gasteiger partial charge is 0.463 e. The van der Waals surface area contributed by atoms with Crippen LogP contribution in [0, 0.1) is 46.3 Å². The molecule has 10 unspecified atom stereocenters. The van der Waals surface area contributed by atoms with Crippen LogP contribution in [-0.4, -0.2) is 23.8 Å². The van der Waals surface area contributed by atoms with Crippen LogP contribution in [0.5, 0.6) is 0 Å². The normalized spacial score (nSPS) is 47.8. The minimum Gasteiger partial charge on any atom is -0.463 e. The van der Waals surface area contributed by atoms with E-state index >= 15 is 0 Å². The molecule has 3 nitrogen and oxygen atoms in total. The number of carbonyl (C=O) groups excluding carboxylic acids is 1. The molecule has 3 heteroatoms.